The van der Waals surface area contributed by atoms with Crippen LogP contribution in [0.3, 0.4) is 0 Å². The average molecular weight is 361 g/mol. The molecule has 132 valence electrons. The SMILES string of the molecule is CNc1cc(-c2ccc(C(=O)N3CCS(=O)(=O)CC3)cc2)nc(N)n1. The molecule has 1 amide bonds. The first-order valence-corrected chi connectivity index (χ1v) is 9.62. The van der Waals surface area contributed by atoms with E-state index in [1.165, 1.54) is 0 Å². The summed E-state index contributed by atoms with van der Waals surface area (Å²) in [5.74, 6) is 0.640. The number of rotatable bonds is 3. The lowest BCUT2D eigenvalue weighted by atomic mass is 10.1. The van der Waals surface area contributed by atoms with Gasteiger partial charge in [0.05, 0.1) is 17.2 Å². The molecule has 0 aliphatic carbocycles. The highest BCUT2D eigenvalue weighted by Crippen LogP contribution is 2.21. The second-order valence-corrected chi connectivity index (χ2v) is 8.07. The van der Waals surface area contributed by atoms with E-state index in [9.17, 15) is 13.2 Å². The molecule has 0 radical (unpaired) electrons. The summed E-state index contributed by atoms with van der Waals surface area (Å²) in [6, 6.07) is 8.75. The number of sulfone groups is 1. The molecule has 3 rings (SSSR count). The molecule has 1 fully saturated rings. The van der Waals surface area contributed by atoms with Gasteiger partial charge in [0.15, 0.2) is 9.84 Å². The number of anilines is 2. The number of hydrogen-bond acceptors (Lipinski definition) is 7. The van der Waals surface area contributed by atoms with Gasteiger partial charge in [-0.1, -0.05) is 12.1 Å². The molecule has 1 aliphatic rings. The first-order valence-electron chi connectivity index (χ1n) is 7.80. The zero-order valence-corrected chi connectivity index (χ0v) is 14.6. The monoisotopic (exact) mass is 361 g/mol. The van der Waals surface area contributed by atoms with Crippen LogP contribution in [0.1, 0.15) is 10.4 Å². The van der Waals surface area contributed by atoms with E-state index in [1.807, 2.05) is 0 Å². The Hall–Kier alpha value is -2.68. The van der Waals surface area contributed by atoms with E-state index in [2.05, 4.69) is 15.3 Å². The number of amides is 1. The molecule has 8 nitrogen and oxygen atoms in total. The van der Waals surface area contributed by atoms with Crippen LogP contribution in [0, 0.1) is 0 Å². The van der Waals surface area contributed by atoms with Crippen molar-refractivity contribution in [3.63, 3.8) is 0 Å². The Morgan fingerprint density at radius 1 is 1.16 bits per heavy atom. The van der Waals surface area contributed by atoms with E-state index in [1.54, 1.807) is 42.3 Å². The highest BCUT2D eigenvalue weighted by Gasteiger charge is 2.25. The normalized spacial score (nSPS) is 16.4. The van der Waals surface area contributed by atoms with Gasteiger partial charge in [0.2, 0.25) is 5.95 Å². The maximum atomic E-state index is 12.5. The van der Waals surface area contributed by atoms with Gasteiger partial charge in [0, 0.05) is 37.3 Å². The van der Waals surface area contributed by atoms with Gasteiger partial charge in [-0.05, 0) is 12.1 Å². The molecule has 1 saturated heterocycles. The van der Waals surface area contributed by atoms with Crippen molar-refractivity contribution in [2.75, 3.05) is 42.7 Å². The second-order valence-electron chi connectivity index (χ2n) is 5.77. The molecule has 25 heavy (non-hydrogen) atoms. The number of nitrogens with two attached hydrogens (primary N) is 1. The summed E-state index contributed by atoms with van der Waals surface area (Å²) in [6.45, 7) is 0.466. The molecule has 1 aliphatic heterocycles. The Kier molecular flexibility index (Phi) is 4.58. The lowest BCUT2D eigenvalue weighted by molar-refractivity contribution is 0.0770. The van der Waals surface area contributed by atoms with E-state index in [0.717, 1.165) is 5.56 Å². The Bertz CT molecular complexity index is 882. The van der Waals surface area contributed by atoms with E-state index < -0.39 is 9.84 Å². The third-order valence-electron chi connectivity index (χ3n) is 4.06. The molecule has 0 unspecified atom stereocenters. The largest absolute Gasteiger partial charge is 0.373 e. The average Bonchev–Trinajstić information content (AvgIpc) is 2.60. The number of aromatic nitrogens is 2. The van der Waals surface area contributed by atoms with E-state index >= 15 is 0 Å². The van der Waals surface area contributed by atoms with Crippen LogP contribution in [0.25, 0.3) is 11.3 Å². The lowest BCUT2D eigenvalue weighted by Gasteiger charge is -2.26. The van der Waals surface area contributed by atoms with Crippen LogP contribution in [-0.4, -0.2) is 60.8 Å². The first-order chi connectivity index (χ1) is 11.9. The number of carbonyl (C=O) groups excluding carboxylic acids is 1. The maximum Gasteiger partial charge on any atom is 0.253 e. The van der Waals surface area contributed by atoms with Gasteiger partial charge in [-0.15, -0.1) is 0 Å². The van der Waals surface area contributed by atoms with Gasteiger partial charge in [-0.25, -0.2) is 13.4 Å². The smallest absolute Gasteiger partial charge is 0.253 e. The fourth-order valence-electron chi connectivity index (χ4n) is 2.62. The predicted molar refractivity (Wildman–Crippen MR) is 96.0 cm³/mol. The number of hydrogen-bond donors (Lipinski definition) is 2. The second kappa shape index (κ2) is 6.67. The van der Waals surface area contributed by atoms with Crippen LogP contribution < -0.4 is 11.1 Å². The molecular weight excluding hydrogens is 342 g/mol. The topological polar surface area (TPSA) is 118 Å². The van der Waals surface area contributed by atoms with E-state index in [-0.39, 0.29) is 36.5 Å². The minimum absolute atomic E-state index is 0.0177. The van der Waals surface area contributed by atoms with E-state index in [4.69, 9.17) is 5.73 Å². The van der Waals surface area contributed by atoms with Crippen molar-refractivity contribution >= 4 is 27.5 Å². The Balaban J connectivity index is 1.78. The van der Waals surface area contributed by atoms with Crippen LogP contribution in [0.5, 0.6) is 0 Å². The fraction of sp³-hybridized carbons (Fsp3) is 0.312. The van der Waals surface area contributed by atoms with Crippen molar-refractivity contribution in [2.24, 2.45) is 0 Å². The minimum atomic E-state index is -3.01. The Morgan fingerprint density at radius 2 is 1.80 bits per heavy atom. The number of nitrogens with zero attached hydrogens (tertiary/aromatic N) is 3. The van der Waals surface area contributed by atoms with Crippen molar-refractivity contribution in [3.8, 4) is 11.3 Å². The van der Waals surface area contributed by atoms with Gasteiger partial charge in [-0.2, -0.15) is 4.98 Å². The molecular formula is C16H19N5O3S. The molecule has 0 saturated carbocycles. The van der Waals surface area contributed by atoms with Crippen LogP contribution in [0.15, 0.2) is 30.3 Å². The fourth-order valence-corrected chi connectivity index (χ4v) is 3.82. The van der Waals surface area contributed by atoms with Crippen LogP contribution >= 0.6 is 0 Å². The van der Waals surface area contributed by atoms with Gasteiger partial charge in [0.25, 0.3) is 5.91 Å². The summed E-state index contributed by atoms with van der Waals surface area (Å²) in [7, 11) is -1.27. The maximum absolute atomic E-state index is 12.5. The molecule has 0 atom stereocenters. The Labute approximate surface area is 146 Å². The standard InChI is InChI=1S/C16H19N5O3S/c1-18-14-10-13(19-16(17)20-14)11-2-4-12(5-3-11)15(22)21-6-8-25(23,24)9-7-21/h2-5,10H,6-9H2,1H3,(H3,17,18,19,20). The van der Waals surface area contributed by atoms with Crippen molar-refractivity contribution in [3.05, 3.63) is 35.9 Å². The van der Waals surface area contributed by atoms with Gasteiger partial charge >= 0.3 is 0 Å². The molecule has 3 N–H and O–H groups in total. The molecule has 1 aromatic carbocycles. The van der Waals surface area contributed by atoms with Gasteiger partial charge in [0.1, 0.15) is 5.82 Å². The van der Waals surface area contributed by atoms with Crippen molar-refractivity contribution in [2.45, 2.75) is 0 Å². The van der Waals surface area contributed by atoms with Crippen molar-refractivity contribution in [1.82, 2.24) is 14.9 Å². The Morgan fingerprint density at radius 3 is 2.40 bits per heavy atom. The summed E-state index contributed by atoms with van der Waals surface area (Å²) in [5, 5.41) is 2.92. The number of benzene rings is 1. The third-order valence-corrected chi connectivity index (χ3v) is 5.67. The summed E-state index contributed by atoms with van der Waals surface area (Å²) in [4.78, 5) is 22.3. The quantitative estimate of drug-likeness (QED) is 0.823. The molecule has 0 spiro atoms. The molecule has 9 heteroatoms. The first kappa shape index (κ1) is 17.2. The summed E-state index contributed by atoms with van der Waals surface area (Å²) in [5.41, 5.74) is 7.67. The lowest BCUT2D eigenvalue weighted by Crippen LogP contribution is -2.43. The molecule has 1 aromatic heterocycles. The molecule has 0 bridgehead atoms. The highest BCUT2D eigenvalue weighted by molar-refractivity contribution is 7.91. The minimum Gasteiger partial charge on any atom is -0.373 e. The number of carbonyl (C=O) groups is 1. The van der Waals surface area contributed by atoms with Gasteiger partial charge < -0.3 is 16.0 Å². The summed E-state index contributed by atoms with van der Waals surface area (Å²) >= 11 is 0. The van der Waals surface area contributed by atoms with E-state index in [0.29, 0.717) is 17.1 Å². The van der Waals surface area contributed by atoms with Crippen LogP contribution in [0.2, 0.25) is 0 Å². The van der Waals surface area contributed by atoms with Crippen molar-refractivity contribution in [1.29, 1.82) is 0 Å². The van der Waals surface area contributed by atoms with Crippen LogP contribution in [-0.2, 0) is 9.84 Å². The third kappa shape index (κ3) is 3.87. The number of nitrogens with one attached hydrogen (secondary N) is 1. The zero-order chi connectivity index (χ0) is 18.0. The predicted octanol–water partition coefficient (Wildman–Crippen LogP) is 0.638. The van der Waals surface area contributed by atoms with Crippen LogP contribution in [0.4, 0.5) is 11.8 Å². The highest BCUT2D eigenvalue weighted by atomic mass is 32.2. The summed E-state index contributed by atoms with van der Waals surface area (Å²) in [6.07, 6.45) is 0. The molecule has 2 aromatic rings. The van der Waals surface area contributed by atoms with Gasteiger partial charge in [-0.3, -0.25) is 4.79 Å². The van der Waals surface area contributed by atoms with Crippen molar-refractivity contribution < 1.29 is 13.2 Å². The molecule has 2 heterocycles. The number of nitrogen functional groups attached to an aromatic ring is 1. The zero-order valence-electron chi connectivity index (χ0n) is 13.8. The summed E-state index contributed by atoms with van der Waals surface area (Å²) < 4.78 is 22.9.